The number of likely N-dealkylation sites (N-methyl/N-ethyl adjacent to an activating group) is 1. The van der Waals surface area contributed by atoms with Crippen molar-refractivity contribution < 1.29 is 9.53 Å². The molecule has 1 saturated heterocycles. The number of rotatable bonds is 3. The first-order chi connectivity index (χ1) is 10.2. The lowest BCUT2D eigenvalue weighted by atomic mass is 10.1. The Morgan fingerprint density at radius 2 is 2.33 bits per heavy atom. The number of nitrogens with one attached hydrogen (secondary N) is 1. The van der Waals surface area contributed by atoms with E-state index in [9.17, 15) is 4.79 Å². The van der Waals surface area contributed by atoms with Gasteiger partial charge in [0.05, 0.1) is 24.4 Å². The molecule has 2 heterocycles. The molecule has 1 aromatic carbocycles. The Morgan fingerprint density at radius 3 is 3.05 bits per heavy atom. The molecule has 1 amide bonds. The molecule has 0 bridgehead atoms. The second-order valence-electron chi connectivity index (χ2n) is 5.38. The van der Waals surface area contributed by atoms with Gasteiger partial charge in [-0.15, -0.1) is 0 Å². The summed E-state index contributed by atoms with van der Waals surface area (Å²) in [6.07, 6.45) is 3.69. The molecule has 1 fully saturated rings. The summed E-state index contributed by atoms with van der Waals surface area (Å²) < 4.78 is 5.30. The molecule has 1 atom stereocenters. The largest absolute Gasteiger partial charge is 0.497 e. The maximum absolute atomic E-state index is 12.4. The Balaban J connectivity index is 1.94. The molecule has 0 saturated carbocycles. The summed E-state index contributed by atoms with van der Waals surface area (Å²) in [5.41, 5.74) is 1.49. The molecule has 0 spiro atoms. The standard InChI is InChI=1S/C16H19N3O2/c1-19-8-4-6-14(19)16(20)18-13-10-12(21-2)9-11-5-3-7-17-15(11)13/h3,5,7,9-10,14H,4,6,8H2,1-2H3,(H,18,20)/t14-/m0/s1. The lowest BCUT2D eigenvalue weighted by Crippen LogP contribution is -2.37. The van der Waals surface area contributed by atoms with Crippen molar-refractivity contribution in [3.8, 4) is 5.75 Å². The van der Waals surface area contributed by atoms with E-state index in [1.165, 1.54) is 0 Å². The number of methoxy groups -OCH3 is 1. The zero-order valence-electron chi connectivity index (χ0n) is 12.3. The summed E-state index contributed by atoms with van der Waals surface area (Å²) in [5.74, 6) is 0.737. The van der Waals surface area contributed by atoms with Crippen molar-refractivity contribution >= 4 is 22.5 Å². The van der Waals surface area contributed by atoms with Crippen LogP contribution in [0.1, 0.15) is 12.8 Å². The molecule has 0 radical (unpaired) electrons. The highest BCUT2D eigenvalue weighted by Gasteiger charge is 2.28. The van der Waals surface area contributed by atoms with Gasteiger partial charge in [0.2, 0.25) is 5.91 Å². The second kappa shape index (κ2) is 5.69. The average molecular weight is 285 g/mol. The number of ether oxygens (including phenoxy) is 1. The highest BCUT2D eigenvalue weighted by molar-refractivity contribution is 6.03. The van der Waals surface area contributed by atoms with E-state index in [1.54, 1.807) is 13.3 Å². The maximum atomic E-state index is 12.4. The number of fused-ring (bicyclic) bond motifs is 1. The summed E-state index contributed by atoms with van der Waals surface area (Å²) in [5, 5.41) is 3.96. The smallest absolute Gasteiger partial charge is 0.241 e. The van der Waals surface area contributed by atoms with Crippen LogP contribution in [0.3, 0.4) is 0 Å². The molecule has 5 heteroatoms. The van der Waals surface area contributed by atoms with E-state index >= 15 is 0 Å². The van der Waals surface area contributed by atoms with Crippen molar-refractivity contribution in [1.29, 1.82) is 0 Å². The fourth-order valence-electron chi connectivity index (χ4n) is 2.84. The molecule has 1 N–H and O–H groups in total. The molecule has 110 valence electrons. The third kappa shape index (κ3) is 2.69. The van der Waals surface area contributed by atoms with Crippen molar-refractivity contribution in [1.82, 2.24) is 9.88 Å². The zero-order valence-corrected chi connectivity index (χ0v) is 12.3. The molecule has 1 aromatic heterocycles. The quantitative estimate of drug-likeness (QED) is 0.940. The number of carbonyl (C=O) groups is 1. The Hall–Kier alpha value is -2.14. The van der Waals surface area contributed by atoms with E-state index in [4.69, 9.17) is 4.74 Å². The second-order valence-corrected chi connectivity index (χ2v) is 5.38. The highest BCUT2D eigenvalue weighted by atomic mass is 16.5. The Bertz CT molecular complexity index is 672. The van der Waals surface area contributed by atoms with Crippen molar-refractivity contribution in [2.45, 2.75) is 18.9 Å². The van der Waals surface area contributed by atoms with E-state index in [-0.39, 0.29) is 11.9 Å². The van der Waals surface area contributed by atoms with Crippen molar-refractivity contribution in [2.24, 2.45) is 0 Å². The minimum atomic E-state index is -0.0602. The molecule has 5 nitrogen and oxygen atoms in total. The van der Waals surface area contributed by atoms with Gasteiger partial charge < -0.3 is 10.1 Å². The van der Waals surface area contributed by atoms with Gasteiger partial charge in [0.1, 0.15) is 5.75 Å². The van der Waals surface area contributed by atoms with Crippen LogP contribution in [0.15, 0.2) is 30.5 Å². The van der Waals surface area contributed by atoms with Gasteiger partial charge in [0, 0.05) is 17.6 Å². The van der Waals surface area contributed by atoms with E-state index < -0.39 is 0 Å². The molecule has 1 aliphatic rings. The van der Waals surface area contributed by atoms with Crippen LogP contribution in [0.5, 0.6) is 5.75 Å². The lowest BCUT2D eigenvalue weighted by Gasteiger charge is -2.19. The predicted molar refractivity (Wildman–Crippen MR) is 82.6 cm³/mol. The van der Waals surface area contributed by atoms with Crippen LogP contribution in [0.4, 0.5) is 5.69 Å². The van der Waals surface area contributed by atoms with Crippen molar-refractivity contribution in [3.05, 3.63) is 30.5 Å². The SMILES string of the molecule is COc1cc(NC(=O)[C@@H]2CCCN2C)c2ncccc2c1. The van der Waals surface area contributed by atoms with Crippen LogP contribution < -0.4 is 10.1 Å². The first-order valence-electron chi connectivity index (χ1n) is 7.13. The van der Waals surface area contributed by atoms with Gasteiger partial charge in [-0.05, 0) is 38.6 Å². The van der Waals surface area contributed by atoms with Gasteiger partial charge >= 0.3 is 0 Å². The highest BCUT2D eigenvalue weighted by Crippen LogP contribution is 2.28. The van der Waals surface area contributed by atoms with Crippen molar-refractivity contribution in [3.63, 3.8) is 0 Å². The Kier molecular flexibility index (Phi) is 3.75. The Morgan fingerprint density at radius 1 is 1.48 bits per heavy atom. The van der Waals surface area contributed by atoms with E-state index in [2.05, 4.69) is 15.2 Å². The fraction of sp³-hybridized carbons (Fsp3) is 0.375. The lowest BCUT2D eigenvalue weighted by molar-refractivity contribution is -0.119. The predicted octanol–water partition coefficient (Wildman–Crippen LogP) is 2.28. The number of likely N-dealkylation sites (tertiary alicyclic amines) is 1. The van der Waals surface area contributed by atoms with Gasteiger partial charge in [-0.2, -0.15) is 0 Å². The first kappa shape index (κ1) is 13.8. The number of nitrogens with zero attached hydrogens (tertiary/aromatic N) is 2. The maximum Gasteiger partial charge on any atom is 0.241 e. The van der Waals surface area contributed by atoms with Gasteiger partial charge in [0.25, 0.3) is 0 Å². The number of carbonyl (C=O) groups excluding carboxylic acids is 1. The number of amides is 1. The van der Waals surface area contributed by atoms with Gasteiger partial charge in [-0.1, -0.05) is 6.07 Å². The molecule has 3 rings (SSSR count). The molecular formula is C16H19N3O2. The van der Waals surface area contributed by atoms with Crippen LogP contribution >= 0.6 is 0 Å². The third-order valence-electron chi connectivity index (χ3n) is 4.00. The molecule has 21 heavy (non-hydrogen) atoms. The van der Waals surface area contributed by atoms with E-state index in [0.29, 0.717) is 11.4 Å². The van der Waals surface area contributed by atoms with Gasteiger partial charge in [-0.3, -0.25) is 14.7 Å². The number of anilines is 1. The normalized spacial score (nSPS) is 18.9. The van der Waals surface area contributed by atoms with Crippen LogP contribution in [0.25, 0.3) is 10.9 Å². The summed E-state index contributed by atoms with van der Waals surface area (Å²) in [6.45, 7) is 0.967. The number of benzene rings is 1. The summed E-state index contributed by atoms with van der Waals surface area (Å²) in [7, 11) is 3.60. The zero-order chi connectivity index (χ0) is 14.8. The topological polar surface area (TPSA) is 54.5 Å². The van der Waals surface area contributed by atoms with Crippen LogP contribution in [-0.2, 0) is 4.79 Å². The van der Waals surface area contributed by atoms with Crippen molar-refractivity contribution in [2.75, 3.05) is 26.0 Å². The number of hydrogen-bond donors (Lipinski definition) is 1. The number of aromatic nitrogens is 1. The Labute approximate surface area is 123 Å². The monoisotopic (exact) mass is 285 g/mol. The minimum Gasteiger partial charge on any atom is -0.497 e. The molecule has 0 unspecified atom stereocenters. The molecule has 0 aliphatic carbocycles. The number of hydrogen-bond acceptors (Lipinski definition) is 4. The van der Waals surface area contributed by atoms with Gasteiger partial charge in [-0.25, -0.2) is 0 Å². The summed E-state index contributed by atoms with van der Waals surface area (Å²) in [4.78, 5) is 18.9. The average Bonchev–Trinajstić information content (AvgIpc) is 2.93. The molecule has 1 aliphatic heterocycles. The van der Waals surface area contributed by atoms with Crippen LogP contribution in [0.2, 0.25) is 0 Å². The van der Waals surface area contributed by atoms with E-state index in [1.807, 2.05) is 31.3 Å². The fourth-order valence-corrected chi connectivity index (χ4v) is 2.84. The summed E-state index contributed by atoms with van der Waals surface area (Å²) >= 11 is 0. The molecular weight excluding hydrogens is 266 g/mol. The summed E-state index contributed by atoms with van der Waals surface area (Å²) in [6, 6.07) is 7.51. The molecule has 2 aromatic rings. The van der Waals surface area contributed by atoms with E-state index in [0.717, 1.165) is 30.3 Å². The third-order valence-corrected chi connectivity index (χ3v) is 4.00. The van der Waals surface area contributed by atoms with Gasteiger partial charge in [0.15, 0.2) is 0 Å². The van der Waals surface area contributed by atoms with Crippen LogP contribution in [-0.4, -0.2) is 42.5 Å². The number of pyridine rings is 1. The first-order valence-corrected chi connectivity index (χ1v) is 7.13. The van der Waals surface area contributed by atoms with Crippen LogP contribution in [0, 0.1) is 0 Å². The minimum absolute atomic E-state index is 0.0233.